The first kappa shape index (κ1) is 11.8. The van der Waals surface area contributed by atoms with Crippen molar-refractivity contribution in [3.8, 4) is 0 Å². The van der Waals surface area contributed by atoms with E-state index in [0.29, 0.717) is 11.7 Å². The van der Waals surface area contributed by atoms with Gasteiger partial charge in [0.1, 0.15) is 5.03 Å². The van der Waals surface area contributed by atoms with Crippen molar-refractivity contribution in [1.82, 2.24) is 15.0 Å². The van der Waals surface area contributed by atoms with Gasteiger partial charge in [-0.1, -0.05) is 6.07 Å². The minimum absolute atomic E-state index is 0.165. The third kappa shape index (κ3) is 3.40. The predicted molar refractivity (Wildman–Crippen MR) is 66.0 cm³/mol. The SMILES string of the molecule is NCCc1ccc(Sc2nccc(=O)[nH]2)nc1. The predicted octanol–water partition coefficient (Wildman–Crippen LogP) is 0.817. The summed E-state index contributed by atoms with van der Waals surface area (Å²) in [5, 5.41) is 1.33. The molecule has 17 heavy (non-hydrogen) atoms. The monoisotopic (exact) mass is 248 g/mol. The van der Waals surface area contributed by atoms with Crippen LogP contribution >= 0.6 is 11.8 Å². The van der Waals surface area contributed by atoms with Gasteiger partial charge in [-0.25, -0.2) is 9.97 Å². The second-order valence-corrected chi connectivity index (χ2v) is 4.39. The topological polar surface area (TPSA) is 84.7 Å². The number of hydrogen-bond acceptors (Lipinski definition) is 5. The second-order valence-electron chi connectivity index (χ2n) is 3.38. The average Bonchev–Trinajstić information content (AvgIpc) is 2.32. The molecule has 0 bridgehead atoms. The Morgan fingerprint density at radius 2 is 2.18 bits per heavy atom. The highest BCUT2D eigenvalue weighted by molar-refractivity contribution is 7.99. The Bertz CT molecular complexity index is 538. The molecule has 3 N–H and O–H groups in total. The molecule has 0 spiro atoms. The van der Waals surface area contributed by atoms with E-state index >= 15 is 0 Å². The van der Waals surface area contributed by atoms with E-state index in [-0.39, 0.29) is 5.56 Å². The van der Waals surface area contributed by atoms with Crippen LogP contribution in [0.5, 0.6) is 0 Å². The number of aromatic amines is 1. The van der Waals surface area contributed by atoms with Crippen LogP contribution in [0, 0.1) is 0 Å². The Kier molecular flexibility index (Phi) is 3.89. The lowest BCUT2D eigenvalue weighted by atomic mass is 10.2. The van der Waals surface area contributed by atoms with E-state index in [2.05, 4.69) is 15.0 Å². The van der Waals surface area contributed by atoms with Gasteiger partial charge in [-0.3, -0.25) is 4.79 Å². The Morgan fingerprint density at radius 1 is 1.29 bits per heavy atom. The van der Waals surface area contributed by atoms with Crippen LogP contribution in [0.1, 0.15) is 5.56 Å². The van der Waals surface area contributed by atoms with E-state index < -0.39 is 0 Å². The minimum atomic E-state index is -0.165. The summed E-state index contributed by atoms with van der Waals surface area (Å²) in [7, 11) is 0. The molecule has 0 atom stereocenters. The van der Waals surface area contributed by atoms with Crippen LogP contribution in [0.15, 0.2) is 45.6 Å². The number of rotatable bonds is 4. The van der Waals surface area contributed by atoms with Crippen LogP contribution < -0.4 is 11.3 Å². The fourth-order valence-electron chi connectivity index (χ4n) is 1.29. The molecule has 0 radical (unpaired) electrons. The fraction of sp³-hybridized carbons (Fsp3) is 0.182. The quantitative estimate of drug-likeness (QED) is 0.782. The van der Waals surface area contributed by atoms with Gasteiger partial charge in [0.05, 0.1) is 0 Å². The van der Waals surface area contributed by atoms with Crippen molar-refractivity contribution in [2.45, 2.75) is 16.6 Å². The standard InChI is InChI=1S/C11H12N4OS/c12-5-3-8-1-2-10(14-7-8)17-11-13-6-4-9(16)15-11/h1-2,4,6-7H,3,5,12H2,(H,13,15,16). The highest BCUT2D eigenvalue weighted by atomic mass is 32.2. The lowest BCUT2D eigenvalue weighted by Crippen LogP contribution is -2.05. The van der Waals surface area contributed by atoms with E-state index in [1.807, 2.05) is 12.1 Å². The van der Waals surface area contributed by atoms with Gasteiger partial charge in [0, 0.05) is 18.5 Å². The maximum Gasteiger partial charge on any atom is 0.251 e. The van der Waals surface area contributed by atoms with E-state index in [9.17, 15) is 4.79 Å². The lowest BCUT2D eigenvalue weighted by molar-refractivity contribution is 0.924. The van der Waals surface area contributed by atoms with Crippen molar-refractivity contribution < 1.29 is 0 Å². The summed E-state index contributed by atoms with van der Waals surface area (Å²) in [6.07, 6.45) is 4.08. The molecule has 2 aromatic rings. The highest BCUT2D eigenvalue weighted by Gasteiger charge is 2.01. The third-order valence-electron chi connectivity index (χ3n) is 2.08. The number of pyridine rings is 1. The number of nitrogens with one attached hydrogen (secondary N) is 1. The Hall–Kier alpha value is -1.66. The van der Waals surface area contributed by atoms with Gasteiger partial charge in [-0.05, 0) is 36.4 Å². The summed E-state index contributed by atoms with van der Waals surface area (Å²) >= 11 is 1.32. The van der Waals surface area contributed by atoms with Crippen LogP contribution in [-0.2, 0) is 6.42 Å². The van der Waals surface area contributed by atoms with Crippen LogP contribution in [0.3, 0.4) is 0 Å². The van der Waals surface area contributed by atoms with E-state index in [1.165, 1.54) is 24.0 Å². The van der Waals surface area contributed by atoms with Gasteiger partial charge >= 0.3 is 0 Å². The summed E-state index contributed by atoms with van der Waals surface area (Å²) in [6.45, 7) is 0.613. The fourth-order valence-corrected chi connectivity index (χ4v) is 1.99. The summed E-state index contributed by atoms with van der Waals surface area (Å²) in [6, 6.07) is 5.24. The van der Waals surface area contributed by atoms with Gasteiger partial charge in [0.2, 0.25) is 0 Å². The van der Waals surface area contributed by atoms with E-state index in [0.717, 1.165) is 17.0 Å². The van der Waals surface area contributed by atoms with Gasteiger partial charge < -0.3 is 10.7 Å². The second kappa shape index (κ2) is 5.60. The number of aromatic nitrogens is 3. The van der Waals surface area contributed by atoms with E-state index in [1.54, 1.807) is 6.20 Å². The molecule has 2 rings (SSSR count). The van der Waals surface area contributed by atoms with Crippen molar-refractivity contribution in [3.05, 3.63) is 46.5 Å². The molecule has 0 fully saturated rings. The van der Waals surface area contributed by atoms with Crippen molar-refractivity contribution in [2.24, 2.45) is 5.73 Å². The largest absolute Gasteiger partial charge is 0.330 e. The molecule has 0 aromatic carbocycles. The van der Waals surface area contributed by atoms with Crippen LogP contribution in [0.25, 0.3) is 0 Å². The minimum Gasteiger partial charge on any atom is -0.330 e. The maximum absolute atomic E-state index is 11.1. The van der Waals surface area contributed by atoms with Gasteiger partial charge in [-0.2, -0.15) is 0 Å². The summed E-state index contributed by atoms with van der Waals surface area (Å²) in [5.74, 6) is 0. The maximum atomic E-state index is 11.1. The van der Waals surface area contributed by atoms with Crippen LogP contribution in [0.2, 0.25) is 0 Å². The van der Waals surface area contributed by atoms with Crippen molar-refractivity contribution >= 4 is 11.8 Å². The normalized spacial score (nSPS) is 10.4. The Morgan fingerprint density at radius 3 is 2.82 bits per heavy atom. The summed E-state index contributed by atoms with van der Waals surface area (Å²) in [4.78, 5) is 22.0. The number of hydrogen-bond donors (Lipinski definition) is 2. The molecule has 0 aliphatic carbocycles. The molecule has 0 saturated heterocycles. The first-order chi connectivity index (χ1) is 8.28. The summed E-state index contributed by atoms with van der Waals surface area (Å²) < 4.78 is 0. The zero-order valence-electron chi connectivity index (χ0n) is 9.09. The smallest absolute Gasteiger partial charge is 0.251 e. The lowest BCUT2D eigenvalue weighted by Gasteiger charge is -2.01. The molecule has 5 nitrogen and oxygen atoms in total. The van der Waals surface area contributed by atoms with Gasteiger partial charge in [-0.15, -0.1) is 0 Å². The molecule has 88 valence electrons. The van der Waals surface area contributed by atoms with E-state index in [4.69, 9.17) is 5.73 Å². The zero-order chi connectivity index (χ0) is 12.1. The molecular weight excluding hydrogens is 236 g/mol. The summed E-state index contributed by atoms with van der Waals surface area (Å²) in [5.41, 5.74) is 6.39. The molecule has 0 unspecified atom stereocenters. The molecule has 2 heterocycles. The molecule has 0 saturated carbocycles. The molecule has 0 aliphatic heterocycles. The van der Waals surface area contributed by atoms with Gasteiger partial charge in [0.25, 0.3) is 5.56 Å². The van der Waals surface area contributed by atoms with Crippen LogP contribution in [0.4, 0.5) is 0 Å². The van der Waals surface area contributed by atoms with Crippen molar-refractivity contribution in [2.75, 3.05) is 6.54 Å². The molecule has 6 heteroatoms. The van der Waals surface area contributed by atoms with Crippen molar-refractivity contribution in [3.63, 3.8) is 0 Å². The third-order valence-corrected chi connectivity index (χ3v) is 2.93. The number of nitrogens with two attached hydrogens (primary N) is 1. The number of H-pyrrole nitrogens is 1. The Balaban J connectivity index is 2.11. The van der Waals surface area contributed by atoms with Crippen molar-refractivity contribution in [1.29, 1.82) is 0 Å². The Labute approximate surface area is 103 Å². The van der Waals surface area contributed by atoms with Gasteiger partial charge in [0.15, 0.2) is 5.16 Å². The molecule has 0 aliphatic rings. The highest BCUT2D eigenvalue weighted by Crippen LogP contribution is 2.20. The average molecular weight is 248 g/mol. The molecule has 2 aromatic heterocycles. The van der Waals surface area contributed by atoms with Crippen LogP contribution in [-0.4, -0.2) is 21.5 Å². The zero-order valence-corrected chi connectivity index (χ0v) is 9.91. The first-order valence-corrected chi connectivity index (χ1v) is 5.98. The number of nitrogens with zero attached hydrogens (tertiary/aromatic N) is 2. The molecular formula is C11H12N4OS. The first-order valence-electron chi connectivity index (χ1n) is 5.16. The molecule has 0 amide bonds.